The molecule has 1 aliphatic rings. The molecule has 6 nitrogen and oxygen atoms in total. The van der Waals surface area contributed by atoms with Crippen molar-refractivity contribution >= 4 is 11.7 Å². The summed E-state index contributed by atoms with van der Waals surface area (Å²) in [7, 11) is 0. The standard InChI is InChI=1S/C15H21N3O3/c1-10-9-18(7-6-13(10)19)14(20)8-11-2-4-12(5-3-11)15(16)17-21/h2-5,10,13,19,21H,6-9H2,1H3,(H2,16,17). The molecule has 1 saturated heterocycles. The summed E-state index contributed by atoms with van der Waals surface area (Å²) in [5.74, 6) is 0.225. The summed E-state index contributed by atoms with van der Waals surface area (Å²) in [5, 5.41) is 21.2. The number of aliphatic hydroxyl groups is 1. The van der Waals surface area contributed by atoms with E-state index in [2.05, 4.69) is 5.16 Å². The lowest BCUT2D eigenvalue weighted by atomic mass is 9.96. The number of rotatable bonds is 3. The van der Waals surface area contributed by atoms with Crippen LogP contribution in [0.3, 0.4) is 0 Å². The van der Waals surface area contributed by atoms with Gasteiger partial charge in [-0.25, -0.2) is 0 Å². The van der Waals surface area contributed by atoms with Gasteiger partial charge >= 0.3 is 0 Å². The molecule has 1 fully saturated rings. The number of carbonyl (C=O) groups excluding carboxylic acids is 1. The number of benzene rings is 1. The van der Waals surface area contributed by atoms with Gasteiger partial charge in [-0.3, -0.25) is 4.79 Å². The number of hydrogen-bond acceptors (Lipinski definition) is 4. The van der Waals surface area contributed by atoms with Crippen LogP contribution in [0.5, 0.6) is 0 Å². The summed E-state index contributed by atoms with van der Waals surface area (Å²) >= 11 is 0. The van der Waals surface area contributed by atoms with Gasteiger partial charge in [-0.1, -0.05) is 36.3 Å². The highest BCUT2D eigenvalue weighted by atomic mass is 16.4. The van der Waals surface area contributed by atoms with Gasteiger partial charge in [0.1, 0.15) is 0 Å². The Morgan fingerprint density at radius 2 is 2.10 bits per heavy atom. The average Bonchev–Trinajstić information content (AvgIpc) is 2.50. The Morgan fingerprint density at radius 1 is 1.43 bits per heavy atom. The molecule has 0 aliphatic carbocycles. The number of amides is 1. The lowest BCUT2D eigenvalue weighted by molar-refractivity contribution is -0.133. The number of amidine groups is 1. The molecule has 1 heterocycles. The van der Waals surface area contributed by atoms with Gasteiger partial charge in [-0.15, -0.1) is 0 Å². The van der Waals surface area contributed by atoms with Gasteiger partial charge in [0.25, 0.3) is 0 Å². The Bertz CT molecular complexity index is 527. The summed E-state index contributed by atoms with van der Waals surface area (Å²) in [6.45, 7) is 3.16. The number of likely N-dealkylation sites (tertiary alicyclic amines) is 1. The topological polar surface area (TPSA) is 99.2 Å². The molecule has 6 heteroatoms. The maximum absolute atomic E-state index is 12.3. The zero-order valence-electron chi connectivity index (χ0n) is 12.1. The molecule has 0 radical (unpaired) electrons. The first-order chi connectivity index (χ1) is 10.0. The third kappa shape index (κ3) is 3.72. The molecule has 21 heavy (non-hydrogen) atoms. The van der Waals surface area contributed by atoms with Gasteiger partial charge in [0.05, 0.1) is 12.5 Å². The Hall–Kier alpha value is -2.08. The van der Waals surface area contributed by atoms with Gasteiger partial charge in [0, 0.05) is 18.7 Å². The van der Waals surface area contributed by atoms with E-state index in [9.17, 15) is 9.90 Å². The normalized spacial score (nSPS) is 23.1. The van der Waals surface area contributed by atoms with Crippen LogP contribution in [0.25, 0.3) is 0 Å². The van der Waals surface area contributed by atoms with Crippen molar-refractivity contribution in [3.8, 4) is 0 Å². The van der Waals surface area contributed by atoms with Crippen LogP contribution in [0, 0.1) is 5.92 Å². The van der Waals surface area contributed by atoms with Crippen molar-refractivity contribution in [3.05, 3.63) is 35.4 Å². The van der Waals surface area contributed by atoms with Crippen molar-refractivity contribution in [1.29, 1.82) is 0 Å². The molecule has 0 bridgehead atoms. The lowest BCUT2D eigenvalue weighted by Gasteiger charge is -2.34. The fourth-order valence-electron chi connectivity index (χ4n) is 2.50. The van der Waals surface area contributed by atoms with E-state index < -0.39 is 0 Å². The minimum atomic E-state index is -0.311. The Kier molecular flexibility index (Phi) is 4.80. The first-order valence-electron chi connectivity index (χ1n) is 7.04. The first-order valence-corrected chi connectivity index (χ1v) is 7.04. The van der Waals surface area contributed by atoms with E-state index in [1.807, 2.05) is 6.92 Å². The van der Waals surface area contributed by atoms with Crippen LogP contribution < -0.4 is 5.73 Å². The minimum absolute atomic E-state index is 0.0479. The van der Waals surface area contributed by atoms with Gasteiger partial charge in [-0.2, -0.15) is 0 Å². The highest BCUT2D eigenvalue weighted by Gasteiger charge is 2.26. The molecular weight excluding hydrogens is 270 g/mol. The second kappa shape index (κ2) is 6.58. The van der Waals surface area contributed by atoms with E-state index in [4.69, 9.17) is 10.9 Å². The summed E-state index contributed by atoms with van der Waals surface area (Å²) in [5.41, 5.74) is 6.99. The Morgan fingerprint density at radius 3 is 2.67 bits per heavy atom. The molecule has 4 N–H and O–H groups in total. The number of aliphatic hydroxyl groups excluding tert-OH is 1. The molecular formula is C15H21N3O3. The molecule has 1 aromatic rings. The van der Waals surface area contributed by atoms with E-state index in [0.717, 1.165) is 5.56 Å². The predicted molar refractivity (Wildman–Crippen MR) is 79.0 cm³/mol. The second-order valence-corrected chi connectivity index (χ2v) is 5.53. The number of nitrogens with two attached hydrogens (primary N) is 1. The molecule has 0 saturated carbocycles. The summed E-state index contributed by atoms with van der Waals surface area (Å²) in [4.78, 5) is 14.1. The van der Waals surface area contributed by atoms with Crippen LogP contribution >= 0.6 is 0 Å². The summed E-state index contributed by atoms with van der Waals surface area (Å²) < 4.78 is 0. The van der Waals surface area contributed by atoms with Crippen molar-refractivity contribution in [2.75, 3.05) is 13.1 Å². The van der Waals surface area contributed by atoms with Crippen molar-refractivity contribution in [2.24, 2.45) is 16.8 Å². The Balaban J connectivity index is 1.97. The van der Waals surface area contributed by atoms with Crippen LogP contribution in [0.2, 0.25) is 0 Å². The highest BCUT2D eigenvalue weighted by Crippen LogP contribution is 2.17. The fourth-order valence-corrected chi connectivity index (χ4v) is 2.50. The molecule has 0 spiro atoms. The van der Waals surface area contributed by atoms with Crippen molar-refractivity contribution < 1.29 is 15.1 Å². The number of nitrogens with zero attached hydrogens (tertiary/aromatic N) is 2. The monoisotopic (exact) mass is 291 g/mol. The average molecular weight is 291 g/mol. The van der Waals surface area contributed by atoms with E-state index in [1.54, 1.807) is 29.2 Å². The number of oxime groups is 1. The first kappa shape index (κ1) is 15.3. The number of carbonyl (C=O) groups is 1. The van der Waals surface area contributed by atoms with E-state index >= 15 is 0 Å². The van der Waals surface area contributed by atoms with Gasteiger partial charge < -0.3 is 20.9 Å². The predicted octanol–water partition coefficient (Wildman–Crippen LogP) is 0.553. The summed E-state index contributed by atoms with van der Waals surface area (Å²) in [6.07, 6.45) is 0.642. The lowest BCUT2D eigenvalue weighted by Crippen LogP contribution is -2.45. The highest BCUT2D eigenvalue weighted by molar-refractivity contribution is 5.97. The Labute approximate surface area is 123 Å². The van der Waals surface area contributed by atoms with Gasteiger partial charge in [0.15, 0.2) is 5.84 Å². The maximum Gasteiger partial charge on any atom is 0.227 e. The van der Waals surface area contributed by atoms with Crippen LogP contribution in [0.4, 0.5) is 0 Å². The SMILES string of the molecule is CC1CN(C(=O)Cc2ccc(/C(N)=N/O)cc2)CCC1O. The van der Waals surface area contributed by atoms with Crippen LogP contribution in [-0.2, 0) is 11.2 Å². The van der Waals surface area contributed by atoms with Crippen LogP contribution in [0.1, 0.15) is 24.5 Å². The molecule has 2 unspecified atom stereocenters. The molecule has 2 atom stereocenters. The third-order valence-corrected chi connectivity index (χ3v) is 3.93. The van der Waals surface area contributed by atoms with Crippen molar-refractivity contribution in [1.82, 2.24) is 4.90 Å². The number of piperidine rings is 1. The molecule has 1 aromatic carbocycles. The molecule has 114 valence electrons. The third-order valence-electron chi connectivity index (χ3n) is 3.93. The molecule has 0 aromatic heterocycles. The van der Waals surface area contributed by atoms with Gasteiger partial charge in [-0.05, 0) is 17.9 Å². The largest absolute Gasteiger partial charge is 0.409 e. The second-order valence-electron chi connectivity index (χ2n) is 5.53. The summed E-state index contributed by atoms with van der Waals surface area (Å²) in [6, 6.07) is 7.04. The van der Waals surface area contributed by atoms with E-state index in [-0.39, 0.29) is 23.8 Å². The minimum Gasteiger partial charge on any atom is -0.409 e. The van der Waals surface area contributed by atoms with Crippen molar-refractivity contribution in [2.45, 2.75) is 25.9 Å². The molecule has 2 rings (SSSR count). The zero-order valence-corrected chi connectivity index (χ0v) is 12.1. The zero-order chi connectivity index (χ0) is 15.4. The maximum atomic E-state index is 12.3. The van der Waals surface area contributed by atoms with E-state index in [1.165, 1.54) is 0 Å². The van der Waals surface area contributed by atoms with Crippen molar-refractivity contribution in [3.63, 3.8) is 0 Å². The quantitative estimate of drug-likeness (QED) is 0.328. The van der Waals surface area contributed by atoms with E-state index in [0.29, 0.717) is 31.5 Å². The fraction of sp³-hybridized carbons (Fsp3) is 0.467. The molecule has 1 aliphatic heterocycles. The molecule has 1 amide bonds. The number of hydrogen-bond donors (Lipinski definition) is 3. The van der Waals surface area contributed by atoms with Crippen LogP contribution in [0.15, 0.2) is 29.4 Å². The smallest absolute Gasteiger partial charge is 0.227 e. The van der Waals surface area contributed by atoms with Gasteiger partial charge in [0.2, 0.25) is 5.91 Å². The van der Waals surface area contributed by atoms with Crippen LogP contribution in [-0.4, -0.2) is 46.1 Å².